The molecule has 1 aliphatic heterocycles. The molecule has 0 spiro atoms. The number of carbonyl (C=O) groups excluding carboxylic acids is 1. The van der Waals surface area contributed by atoms with Crippen LogP contribution in [0.1, 0.15) is 41.6 Å². The van der Waals surface area contributed by atoms with Gasteiger partial charge in [0.05, 0.1) is 6.33 Å². The van der Waals surface area contributed by atoms with Gasteiger partial charge in [-0.1, -0.05) is 12.1 Å². The number of hydrogen-bond acceptors (Lipinski definition) is 3. The lowest BCUT2D eigenvalue weighted by atomic mass is 9.95. The summed E-state index contributed by atoms with van der Waals surface area (Å²) in [5, 5.41) is 9.44. The van der Waals surface area contributed by atoms with Gasteiger partial charge in [0.1, 0.15) is 5.75 Å². The van der Waals surface area contributed by atoms with Crippen molar-refractivity contribution in [2.45, 2.75) is 38.1 Å². The van der Waals surface area contributed by atoms with Crippen LogP contribution in [0.5, 0.6) is 5.75 Å². The van der Waals surface area contributed by atoms with Gasteiger partial charge in [0.2, 0.25) is 0 Å². The molecule has 1 atom stereocenters. The van der Waals surface area contributed by atoms with Gasteiger partial charge in [-0.3, -0.25) is 4.79 Å². The summed E-state index contributed by atoms with van der Waals surface area (Å²) in [5.41, 5.74) is 2.93. The summed E-state index contributed by atoms with van der Waals surface area (Å²) in [5.74, 6) is 0.407. The second-order valence-electron chi connectivity index (χ2n) is 7.37. The van der Waals surface area contributed by atoms with Gasteiger partial charge in [-0.15, -0.1) is 0 Å². The van der Waals surface area contributed by atoms with E-state index in [0.717, 1.165) is 43.5 Å². The zero-order chi connectivity index (χ0) is 19.3. The second kappa shape index (κ2) is 8.30. The highest BCUT2D eigenvalue weighted by Crippen LogP contribution is 2.24. The maximum atomic E-state index is 13.1. The number of nitrogens with zero attached hydrogens (tertiary/aromatic N) is 3. The Bertz CT molecular complexity index is 902. The van der Waals surface area contributed by atoms with E-state index in [9.17, 15) is 9.90 Å². The topological polar surface area (TPSA) is 58.4 Å². The van der Waals surface area contributed by atoms with Gasteiger partial charge in [-0.25, -0.2) is 4.98 Å². The minimum Gasteiger partial charge on any atom is -0.508 e. The van der Waals surface area contributed by atoms with Crippen LogP contribution in [0.4, 0.5) is 0 Å². The maximum Gasteiger partial charge on any atom is 0.254 e. The number of benzene rings is 2. The number of amides is 1. The van der Waals surface area contributed by atoms with E-state index in [1.54, 1.807) is 24.7 Å². The fourth-order valence-electron chi connectivity index (χ4n) is 3.92. The maximum absolute atomic E-state index is 13.1. The monoisotopic (exact) mass is 375 g/mol. The fraction of sp³-hybridized carbons (Fsp3) is 0.304. The molecule has 1 aromatic heterocycles. The van der Waals surface area contributed by atoms with Crippen molar-refractivity contribution in [2.75, 3.05) is 6.54 Å². The van der Waals surface area contributed by atoms with Gasteiger partial charge in [-0.05, 0) is 74.1 Å². The van der Waals surface area contributed by atoms with E-state index >= 15 is 0 Å². The average molecular weight is 375 g/mol. The Balaban J connectivity index is 1.44. The molecule has 4 rings (SSSR count). The lowest BCUT2D eigenvalue weighted by Crippen LogP contribution is -2.44. The van der Waals surface area contributed by atoms with Gasteiger partial charge < -0.3 is 14.6 Å². The number of hydrogen-bond donors (Lipinski definition) is 1. The predicted molar refractivity (Wildman–Crippen MR) is 109 cm³/mol. The number of piperidine rings is 1. The lowest BCUT2D eigenvalue weighted by molar-refractivity contribution is 0.0602. The Hall–Kier alpha value is -3.08. The van der Waals surface area contributed by atoms with E-state index < -0.39 is 0 Å². The number of likely N-dealkylation sites (tertiary alicyclic amines) is 1. The Morgan fingerprint density at radius 3 is 2.57 bits per heavy atom. The van der Waals surface area contributed by atoms with Crippen molar-refractivity contribution in [1.29, 1.82) is 0 Å². The van der Waals surface area contributed by atoms with Crippen LogP contribution < -0.4 is 0 Å². The van der Waals surface area contributed by atoms with Crippen LogP contribution in [-0.4, -0.2) is 38.1 Å². The first kappa shape index (κ1) is 18.3. The lowest BCUT2D eigenvalue weighted by Gasteiger charge is -2.36. The molecule has 1 aliphatic rings. The van der Waals surface area contributed by atoms with Crippen molar-refractivity contribution in [3.8, 4) is 11.4 Å². The standard InChI is InChI=1S/C23H25N3O2/c27-22-12-5-18(6-13-22)4-9-21-3-1-2-15-26(21)23(28)19-7-10-20(11-8-19)25-16-14-24-17-25/h5-8,10-14,16-17,21,27H,1-4,9,15H2. The van der Waals surface area contributed by atoms with Crippen LogP contribution in [0.2, 0.25) is 0 Å². The third-order valence-electron chi connectivity index (χ3n) is 5.51. The van der Waals surface area contributed by atoms with E-state index in [4.69, 9.17) is 0 Å². The first-order chi connectivity index (χ1) is 13.7. The Kier molecular flexibility index (Phi) is 5.42. The SMILES string of the molecule is O=C(c1ccc(-n2ccnc2)cc1)N1CCCCC1CCc1ccc(O)cc1. The molecule has 0 aliphatic carbocycles. The minimum absolute atomic E-state index is 0.118. The molecule has 1 fully saturated rings. The summed E-state index contributed by atoms with van der Waals surface area (Å²) in [4.78, 5) is 19.3. The molecule has 1 amide bonds. The number of phenolic OH excluding ortho intramolecular Hbond substituents is 1. The molecule has 2 aromatic carbocycles. The summed E-state index contributed by atoms with van der Waals surface area (Å²) in [7, 11) is 0. The number of phenols is 1. The average Bonchev–Trinajstić information content (AvgIpc) is 3.28. The van der Waals surface area contributed by atoms with Gasteiger partial charge in [0.25, 0.3) is 5.91 Å². The van der Waals surface area contributed by atoms with Crippen molar-refractivity contribution < 1.29 is 9.90 Å². The van der Waals surface area contributed by atoms with Gasteiger partial charge >= 0.3 is 0 Å². The first-order valence-corrected chi connectivity index (χ1v) is 9.88. The Morgan fingerprint density at radius 2 is 1.86 bits per heavy atom. The number of rotatable bonds is 5. The minimum atomic E-state index is 0.118. The molecule has 1 saturated heterocycles. The number of carbonyl (C=O) groups is 1. The fourth-order valence-corrected chi connectivity index (χ4v) is 3.92. The zero-order valence-corrected chi connectivity index (χ0v) is 15.9. The molecule has 1 unspecified atom stereocenters. The molecule has 0 bridgehead atoms. The Morgan fingerprint density at radius 1 is 1.07 bits per heavy atom. The van der Waals surface area contributed by atoms with Gasteiger partial charge in [0.15, 0.2) is 0 Å². The molecule has 144 valence electrons. The van der Waals surface area contributed by atoms with Crippen LogP contribution in [0, 0.1) is 0 Å². The largest absolute Gasteiger partial charge is 0.508 e. The highest BCUT2D eigenvalue weighted by molar-refractivity contribution is 5.94. The number of imidazole rings is 1. The molecule has 3 aromatic rings. The van der Waals surface area contributed by atoms with Crippen LogP contribution in [0.25, 0.3) is 5.69 Å². The summed E-state index contributed by atoms with van der Waals surface area (Å²) in [6.07, 6.45) is 10.5. The predicted octanol–water partition coefficient (Wildman–Crippen LogP) is 4.21. The zero-order valence-electron chi connectivity index (χ0n) is 15.9. The number of aromatic hydroxyl groups is 1. The third-order valence-corrected chi connectivity index (χ3v) is 5.51. The molecule has 2 heterocycles. The quantitative estimate of drug-likeness (QED) is 0.727. The van der Waals surface area contributed by atoms with Crippen LogP contribution in [0.15, 0.2) is 67.3 Å². The van der Waals surface area contributed by atoms with E-state index in [0.29, 0.717) is 0 Å². The van der Waals surface area contributed by atoms with Crippen molar-refractivity contribution in [2.24, 2.45) is 0 Å². The van der Waals surface area contributed by atoms with Crippen LogP contribution in [-0.2, 0) is 6.42 Å². The number of aromatic nitrogens is 2. The summed E-state index contributed by atoms with van der Waals surface area (Å²) in [6.45, 7) is 0.822. The van der Waals surface area contributed by atoms with Crippen LogP contribution >= 0.6 is 0 Å². The van der Waals surface area contributed by atoms with E-state index in [1.807, 2.05) is 47.2 Å². The molecule has 5 heteroatoms. The van der Waals surface area contributed by atoms with Crippen molar-refractivity contribution in [1.82, 2.24) is 14.5 Å². The number of aryl methyl sites for hydroxylation is 1. The summed E-state index contributed by atoms with van der Waals surface area (Å²) < 4.78 is 1.93. The highest BCUT2D eigenvalue weighted by Gasteiger charge is 2.27. The van der Waals surface area contributed by atoms with Crippen molar-refractivity contribution in [3.63, 3.8) is 0 Å². The summed E-state index contributed by atoms with van der Waals surface area (Å²) in [6, 6.07) is 15.4. The van der Waals surface area contributed by atoms with Crippen molar-refractivity contribution in [3.05, 3.63) is 78.4 Å². The molecular formula is C23H25N3O2. The molecule has 0 saturated carbocycles. The molecule has 5 nitrogen and oxygen atoms in total. The smallest absolute Gasteiger partial charge is 0.254 e. The summed E-state index contributed by atoms with van der Waals surface area (Å²) >= 11 is 0. The second-order valence-corrected chi connectivity index (χ2v) is 7.37. The molecular weight excluding hydrogens is 350 g/mol. The van der Waals surface area contributed by atoms with Crippen molar-refractivity contribution >= 4 is 5.91 Å². The van der Waals surface area contributed by atoms with E-state index in [-0.39, 0.29) is 17.7 Å². The molecule has 1 N–H and O–H groups in total. The van der Waals surface area contributed by atoms with E-state index in [1.165, 1.54) is 12.0 Å². The third kappa shape index (κ3) is 4.09. The van der Waals surface area contributed by atoms with E-state index in [2.05, 4.69) is 9.88 Å². The molecule has 0 radical (unpaired) electrons. The van der Waals surface area contributed by atoms with Gasteiger partial charge in [-0.2, -0.15) is 0 Å². The molecule has 28 heavy (non-hydrogen) atoms. The Labute approximate surface area is 165 Å². The van der Waals surface area contributed by atoms with Gasteiger partial charge in [0, 0.05) is 36.2 Å². The normalized spacial score (nSPS) is 16.9. The van der Waals surface area contributed by atoms with Crippen LogP contribution in [0.3, 0.4) is 0 Å². The highest BCUT2D eigenvalue weighted by atomic mass is 16.3. The first-order valence-electron chi connectivity index (χ1n) is 9.88.